The van der Waals surface area contributed by atoms with E-state index in [0.717, 1.165) is 25.7 Å². The van der Waals surface area contributed by atoms with Crippen LogP contribution in [0.15, 0.2) is 0 Å². The van der Waals surface area contributed by atoms with E-state index in [1.165, 1.54) is 0 Å². The molecule has 0 spiro atoms. The lowest BCUT2D eigenvalue weighted by molar-refractivity contribution is -0.156. The van der Waals surface area contributed by atoms with E-state index >= 15 is 0 Å². The number of carbonyl (C=O) groups is 2. The van der Waals surface area contributed by atoms with Gasteiger partial charge in [0.05, 0.1) is 12.0 Å². The molecular formula is C15H27NO4. The highest BCUT2D eigenvalue weighted by Gasteiger charge is 2.40. The molecule has 0 radical (unpaired) electrons. The van der Waals surface area contributed by atoms with E-state index in [-0.39, 0.29) is 30.9 Å². The van der Waals surface area contributed by atoms with Crippen molar-refractivity contribution in [1.82, 2.24) is 4.90 Å². The van der Waals surface area contributed by atoms with Crippen LogP contribution in [0, 0.1) is 11.3 Å². The zero-order chi connectivity index (χ0) is 15.3. The van der Waals surface area contributed by atoms with Crippen molar-refractivity contribution in [3.05, 3.63) is 0 Å². The average molecular weight is 285 g/mol. The standard InChI is InChI=1S/C15H27NO4/c1-11(2)15(3,14(19)20)10-13(18)16(8-9-17)12-6-4-5-7-12/h11-12,17H,4-10H2,1-3H3,(H,19,20). The molecule has 0 aromatic rings. The Hall–Kier alpha value is -1.10. The van der Waals surface area contributed by atoms with E-state index in [2.05, 4.69) is 0 Å². The second-order valence-electron chi connectivity index (χ2n) is 6.30. The fourth-order valence-electron chi connectivity index (χ4n) is 2.78. The summed E-state index contributed by atoms with van der Waals surface area (Å²) >= 11 is 0. The zero-order valence-corrected chi connectivity index (χ0v) is 12.8. The molecule has 1 aliphatic carbocycles. The molecule has 1 aliphatic rings. The summed E-state index contributed by atoms with van der Waals surface area (Å²) in [6.45, 7) is 5.51. The van der Waals surface area contributed by atoms with Crippen molar-refractivity contribution in [3.8, 4) is 0 Å². The summed E-state index contributed by atoms with van der Waals surface area (Å²) in [7, 11) is 0. The van der Waals surface area contributed by atoms with Crippen LogP contribution in [0.5, 0.6) is 0 Å². The second kappa shape index (κ2) is 7.07. The quantitative estimate of drug-likeness (QED) is 0.748. The van der Waals surface area contributed by atoms with E-state index in [1.54, 1.807) is 11.8 Å². The largest absolute Gasteiger partial charge is 0.481 e. The molecule has 5 nitrogen and oxygen atoms in total. The third-order valence-electron chi connectivity index (χ3n) is 4.71. The van der Waals surface area contributed by atoms with E-state index < -0.39 is 11.4 Å². The highest BCUT2D eigenvalue weighted by atomic mass is 16.4. The Morgan fingerprint density at radius 3 is 2.25 bits per heavy atom. The van der Waals surface area contributed by atoms with Gasteiger partial charge < -0.3 is 15.1 Å². The van der Waals surface area contributed by atoms with E-state index in [0.29, 0.717) is 6.54 Å². The summed E-state index contributed by atoms with van der Waals surface area (Å²) in [5.74, 6) is -1.20. The smallest absolute Gasteiger partial charge is 0.310 e. The topological polar surface area (TPSA) is 77.8 Å². The third-order valence-corrected chi connectivity index (χ3v) is 4.71. The lowest BCUT2D eigenvalue weighted by atomic mass is 9.76. The number of rotatable bonds is 7. The van der Waals surface area contributed by atoms with Crippen LogP contribution in [0.4, 0.5) is 0 Å². The molecule has 2 N–H and O–H groups in total. The molecular weight excluding hydrogens is 258 g/mol. The number of amides is 1. The van der Waals surface area contributed by atoms with Crippen molar-refractivity contribution < 1.29 is 19.8 Å². The molecule has 0 bridgehead atoms. The molecule has 0 heterocycles. The van der Waals surface area contributed by atoms with Crippen LogP contribution >= 0.6 is 0 Å². The molecule has 20 heavy (non-hydrogen) atoms. The summed E-state index contributed by atoms with van der Waals surface area (Å²) < 4.78 is 0. The van der Waals surface area contributed by atoms with Crippen LogP contribution in [0.3, 0.4) is 0 Å². The van der Waals surface area contributed by atoms with Gasteiger partial charge in [-0.25, -0.2) is 0 Å². The van der Waals surface area contributed by atoms with Crippen LogP contribution in [0.1, 0.15) is 52.9 Å². The Kier molecular flexibility index (Phi) is 5.99. The number of carboxylic acid groups (broad SMARTS) is 1. The van der Waals surface area contributed by atoms with Gasteiger partial charge in [0.25, 0.3) is 0 Å². The molecule has 5 heteroatoms. The van der Waals surface area contributed by atoms with Gasteiger partial charge in [-0.05, 0) is 25.7 Å². The third kappa shape index (κ3) is 3.72. The molecule has 0 aromatic carbocycles. The number of aliphatic hydroxyl groups excluding tert-OH is 1. The van der Waals surface area contributed by atoms with Crippen LogP contribution < -0.4 is 0 Å². The number of carboxylic acids is 1. The second-order valence-corrected chi connectivity index (χ2v) is 6.30. The molecule has 1 atom stereocenters. The van der Waals surface area contributed by atoms with Crippen molar-refractivity contribution in [3.63, 3.8) is 0 Å². The van der Waals surface area contributed by atoms with Gasteiger partial charge in [-0.3, -0.25) is 9.59 Å². The van der Waals surface area contributed by atoms with Gasteiger partial charge in [0, 0.05) is 19.0 Å². The van der Waals surface area contributed by atoms with Crippen molar-refractivity contribution in [2.75, 3.05) is 13.2 Å². The van der Waals surface area contributed by atoms with Gasteiger partial charge in [0.1, 0.15) is 0 Å². The molecule has 0 aromatic heterocycles. The first-order chi connectivity index (χ1) is 9.32. The molecule has 0 saturated heterocycles. The molecule has 1 saturated carbocycles. The highest BCUT2D eigenvalue weighted by molar-refractivity contribution is 5.85. The Morgan fingerprint density at radius 1 is 1.30 bits per heavy atom. The van der Waals surface area contributed by atoms with Crippen molar-refractivity contribution in [1.29, 1.82) is 0 Å². The summed E-state index contributed by atoms with van der Waals surface area (Å²) in [6, 6.07) is 0.167. The van der Waals surface area contributed by atoms with Crippen molar-refractivity contribution in [2.24, 2.45) is 11.3 Å². The predicted molar refractivity (Wildman–Crippen MR) is 76.3 cm³/mol. The fourth-order valence-corrected chi connectivity index (χ4v) is 2.78. The first-order valence-electron chi connectivity index (χ1n) is 7.46. The minimum absolute atomic E-state index is 0.00347. The van der Waals surface area contributed by atoms with Crippen LogP contribution in [0.25, 0.3) is 0 Å². The Labute approximate surface area is 121 Å². The van der Waals surface area contributed by atoms with Gasteiger partial charge in [0.15, 0.2) is 0 Å². The number of carbonyl (C=O) groups excluding carboxylic acids is 1. The first-order valence-corrected chi connectivity index (χ1v) is 7.46. The maximum absolute atomic E-state index is 12.5. The number of aliphatic carboxylic acids is 1. The minimum Gasteiger partial charge on any atom is -0.481 e. The minimum atomic E-state index is -1.05. The predicted octanol–water partition coefficient (Wildman–Crippen LogP) is 1.89. The molecule has 116 valence electrons. The fraction of sp³-hybridized carbons (Fsp3) is 0.867. The number of hydrogen-bond acceptors (Lipinski definition) is 3. The Morgan fingerprint density at radius 2 is 1.85 bits per heavy atom. The number of hydrogen-bond donors (Lipinski definition) is 2. The molecule has 1 unspecified atom stereocenters. The first kappa shape index (κ1) is 17.0. The monoisotopic (exact) mass is 285 g/mol. The lowest BCUT2D eigenvalue weighted by Crippen LogP contribution is -2.45. The van der Waals surface area contributed by atoms with Gasteiger partial charge in [-0.1, -0.05) is 26.7 Å². The molecule has 1 amide bonds. The van der Waals surface area contributed by atoms with Crippen molar-refractivity contribution >= 4 is 11.9 Å². The summed E-state index contributed by atoms with van der Waals surface area (Å²) in [4.78, 5) is 25.7. The average Bonchev–Trinajstić information content (AvgIpc) is 2.88. The van der Waals surface area contributed by atoms with Gasteiger partial charge in [-0.15, -0.1) is 0 Å². The summed E-state index contributed by atoms with van der Waals surface area (Å²) in [5, 5.41) is 18.6. The van der Waals surface area contributed by atoms with E-state index in [1.807, 2.05) is 13.8 Å². The van der Waals surface area contributed by atoms with Gasteiger partial charge in [0.2, 0.25) is 5.91 Å². The zero-order valence-electron chi connectivity index (χ0n) is 12.8. The van der Waals surface area contributed by atoms with Crippen LogP contribution in [-0.4, -0.2) is 46.2 Å². The SMILES string of the molecule is CC(C)C(C)(CC(=O)N(CCO)C1CCCC1)C(=O)O. The van der Waals surface area contributed by atoms with E-state index in [4.69, 9.17) is 5.11 Å². The molecule has 0 aliphatic heterocycles. The van der Waals surface area contributed by atoms with Crippen LogP contribution in [0.2, 0.25) is 0 Å². The summed E-state index contributed by atoms with van der Waals surface area (Å²) in [5.41, 5.74) is -1.05. The highest BCUT2D eigenvalue weighted by Crippen LogP contribution is 2.33. The van der Waals surface area contributed by atoms with Crippen molar-refractivity contribution in [2.45, 2.75) is 58.9 Å². The molecule has 1 rings (SSSR count). The van der Waals surface area contributed by atoms with Gasteiger partial charge >= 0.3 is 5.97 Å². The van der Waals surface area contributed by atoms with Crippen LogP contribution in [-0.2, 0) is 9.59 Å². The maximum Gasteiger partial charge on any atom is 0.310 e. The number of aliphatic hydroxyl groups is 1. The normalized spacial score (nSPS) is 19.1. The Bertz CT molecular complexity index is 350. The summed E-state index contributed by atoms with van der Waals surface area (Å²) in [6.07, 6.45) is 4.10. The van der Waals surface area contributed by atoms with E-state index in [9.17, 15) is 14.7 Å². The number of nitrogens with zero attached hydrogens (tertiary/aromatic N) is 1. The molecule has 1 fully saturated rings. The Balaban J connectivity index is 2.81. The van der Waals surface area contributed by atoms with Gasteiger partial charge in [-0.2, -0.15) is 0 Å². The lowest BCUT2D eigenvalue weighted by Gasteiger charge is -2.34. The maximum atomic E-state index is 12.5.